The Labute approximate surface area is 245 Å². The molecule has 0 saturated heterocycles. The summed E-state index contributed by atoms with van der Waals surface area (Å²) in [5.74, 6) is -0.115. The van der Waals surface area contributed by atoms with Crippen LogP contribution in [0.15, 0.2) is 105 Å². The fourth-order valence-electron chi connectivity index (χ4n) is 4.30. The Balaban J connectivity index is 1.67. The van der Waals surface area contributed by atoms with Crippen LogP contribution in [0.1, 0.15) is 30.5 Å². The van der Waals surface area contributed by atoms with Crippen molar-refractivity contribution in [3.63, 3.8) is 0 Å². The molecule has 0 amide bonds. The maximum atomic E-state index is 13.1. The fourth-order valence-corrected chi connectivity index (χ4v) is 6.98. The Morgan fingerprint density at radius 1 is 0.619 bits per heavy atom. The van der Waals surface area contributed by atoms with Crippen LogP contribution >= 0.6 is 0 Å². The first kappa shape index (κ1) is 31.2. The van der Waals surface area contributed by atoms with Gasteiger partial charge >= 0.3 is 0 Å². The van der Waals surface area contributed by atoms with Gasteiger partial charge in [-0.25, -0.2) is 8.42 Å². The average Bonchev–Trinajstić information content (AvgIpc) is 2.92. The lowest BCUT2D eigenvalue weighted by Gasteiger charge is -2.27. The molecule has 0 radical (unpaired) electrons. The van der Waals surface area contributed by atoms with Gasteiger partial charge in [0.2, 0.25) is 9.84 Å². The Hall–Kier alpha value is -3.75. The molecule has 0 aliphatic carbocycles. The van der Waals surface area contributed by atoms with Gasteiger partial charge in [-0.3, -0.25) is 9.11 Å². The standard InChI is InChI=1S/C29H28O10S3/c1-19-5-12-23(13-6-19)40(30,31)24-14-16-26(28(18-24)42(35,36)37)39-22-10-7-20(8-11-22)29(2,3)21-9-15-25(38-4)27(17-21)41(32,33)34/h5-18H,1-4H3,(H,32,33,34)(H,35,36,37). The summed E-state index contributed by atoms with van der Waals surface area (Å²) >= 11 is 0. The van der Waals surface area contributed by atoms with Gasteiger partial charge in [-0.05, 0) is 72.6 Å². The summed E-state index contributed by atoms with van der Waals surface area (Å²) < 4.78 is 105. The van der Waals surface area contributed by atoms with Crippen molar-refractivity contribution in [3.8, 4) is 17.2 Å². The lowest BCUT2D eigenvalue weighted by Crippen LogP contribution is -2.19. The molecule has 0 bridgehead atoms. The third-order valence-corrected chi connectivity index (χ3v) is 10.3. The Kier molecular flexibility index (Phi) is 8.28. The molecule has 0 unspecified atom stereocenters. The zero-order valence-electron chi connectivity index (χ0n) is 23.0. The van der Waals surface area contributed by atoms with Crippen molar-refractivity contribution in [2.75, 3.05) is 7.11 Å². The minimum absolute atomic E-state index is 0.00637. The molecule has 0 saturated carbocycles. The molecule has 13 heteroatoms. The predicted octanol–water partition coefficient (Wildman–Crippen LogP) is 5.45. The van der Waals surface area contributed by atoms with Crippen LogP contribution in [0.4, 0.5) is 0 Å². The van der Waals surface area contributed by atoms with E-state index in [9.17, 15) is 34.4 Å². The van der Waals surface area contributed by atoms with Gasteiger partial charge < -0.3 is 9.47 Å². The second-order valence-electron chi connectivity index (χ2n) is 9.99. The normalized spacial score (nSPS) is 12.6. The Morgan fingerprint density at radius 2 is 1.12 bits per heavy atom. The molecule has 10 nitrogen and oxygen atoms in total. The zero-order valence-corrected chi connectivity index (χ0v) is 25.4. The molecule has 0 fully saturated rings. The first-order valence-electron chi connectivity index (χ1n) is 12.3. The van der Waals surface area contributed by atoms with E-state index in [2.05, 4.69) is 0 Å². The maximum Gasteiger partial charge on any atom is 0.298 e. The van der Waals surface area contributed by atoms with E-state index in [1.165, 1.54) is 49.6 Å². The highest BCUT2D eigenvalue weighted by molar-refractivity contribution is 7.91. The molecule has 0 aliphatic heterocycles. The third kappa shape index (κ3) is 6.35. The highest BCUT2D eigenvalue weighted by Crippen LogP contribution is 2.38. The van der Waals surface area contributed by atoms with E-state index in [0.717, 1.165) is 23.3 Å². The second-order valence-corrected chi connectivity index (χ2v) is 14.7. The number of methoxy groups -OCH3 is 1. The van der Waals surface area contributed by atoms with Crippen molar-refractivity contribution in [3.05, 3.63) is 102 Å². The van der Waals surface area contributed by atoms with Crippen LogP contribution in [0, 0.1) is 6.92 Å². The van der Waals surface area contributed by atoms with E-state index in [4.69, 9.17) is 9.47 Å². The number of benzene rings is 4. The van der Waals surface area contributed by atoms with Crippen LogP contribution in [-0.4, -0.2) is 41.5 Å². The van der Waals surface area contributed by atoms with Gasteiger partial charge in [-0.1, -0.05) is 49.7 Å². The summed E-state index contributed by atoms with van der Waals surface area (Å²) in [4.78, 5) is -1.48. The van der Waals surface area contributed by atoms with Gasteiger partial charge in [0, 0.05) is 5.41 Å². The number of sulfone groups is 1. The van der Waals surface area contributed by atoms with Gasteiger partial charge in [0.05, 0.1) is 16.9 Å². The molecule has 4 aromatic carbocycles. The molecule has 0 atom stereocenters. The van der Waals surface area contributed by atoms with Gasteiger partial charge in [-0.15, -0.1) is 0 Å². The molecule has 4 aromatic rings. The van der Waals surface area contributed by atoms with E-state index in [0.29, 0.717) is 5.56 Å². The number of rotatable bonds is 9. The lowest BCUT2D eigenvalue weighted by molar-refractivity contribution is 0.396. The van der Waals surface area contributed by atoms with Crippen LogP contribution in [0.3, 0.4) is 0 Å². The Morgan fingerprint density at radius 3 is 1.67 bits per heavy atom. The van der Waals surface area contributed by atoms with Crippen LogP contribution < -0.4 is 9.47 Å². The molecular weight excluding hydrogens is 605 g/mol. The maximum absolute atomic E-state index is 13.1. The summed E-state index contributed by atoms with van der Waals surface area (Å²) in [6.45, 7) is 5.47. The molecule has 4 rings (SSSR count). The van der Waals surface area contributed by atoms with Crippen molar-refractivity contribution >= 4 is 30.1 Å². The molecule has 222 valence electrons. The molecule has 0 heterocycles. The van der Waals surface area contributed by atoms with Gasteiger partial charge in [0.15, 0.2) is 0 Å². The summed E-state index contributed by atoms with van der Waals surface area (Å²) in [6.07, 6.45) is 0. The van der Waals surface area contributed by atoms with E-state index >= 15 is 0 Å². The summed E-state index contributed by atoms with van der Waals surface area (Å²) in [5.41, 5.74) is 1.37. The van der Waals surface area contributed by atoms with E-state index < -0.39 is 40.4 Å². The van der Waals surface area contributed by atoms with Crippen molar-refractivity contribution in [2.45, 2.75) is 45.8 Å². The molecule has 42 heavy (non-hydrogen) atoms. The molecule has 0 spiro atoms. The average molecular weight is 633 g/mol. The highest BCUT2D eigenvalue weighted by atomic mass is 32.2. The number of hydrogen-bond donors (Lipinski definition) is 2. The quantitative estimate of drug-likeness (QED) is 0.227. The van der Waals surface area contributed by atoms with E-state index in [1.807, 2.05) is 13.8 Å². The van der Waals surface area contributed by atoms with E-state index in [1.54, 1.807) is 37.3 Å². The van der Waals surface area contributed by atoms with Crippen LogP contribution in [0.25, 0.3) is 0 Å². The zero-order chi connectivity index (χ0) is 31.1. The van der Waals surface area contributed by atoms with E-state index in [-0.39, 0.29) is 31.9 Å². The first-order valence-corrected chi connectivity index (χ1v) is 16.7. The largest absolute Gasteiger partial charge is 0.495 e. The number of ether oxygens (including phenoxy) is 2. The topological polar surface area (TPSA) is 161 Å². The molecule has 0 aromatic heterocycles. The van der Waals surface area contributed by atoms with Gasteiger partial charge in [0.1, 0.15) is 27.0 Å². The van der Waals surface area contributed by atoms with Gasteiger partial charge in [-0.2, -0.15) is 16.8 Å². The lowest BCUT2D eigenvalue weighted by atomic mass is 9.78. The third-order valence-electron chi connectivity index (χ3n) is 6.80. The predicted molar refractivity (Wildman–Crippen MR) is 154 cm³/mol. The highest BCUT2D eigenvalue weighted by Gasteiger charge is 2.28. The monoisotopic (exact) mass is 632 g/mol. The Bertz CT molecular complexity index is 1960. The van der Waals surface area contributed by atoms with Crippen LogP contribution in [0.2, 0.25) is 0 Å². The summed E-state index contributed by atoms with van der Waals surface area (Å²) in [7, 11) is -12.2. The molecule has 2 N–H and O–H groups in total. The van der Waals surface area contributed by atoms with Gasteiger partial charge in [0.25, 0.3) is 20.2 Å². The first-order chi connectivity index (χ1) is 19.4. The van der Waals surface area contributed by atoms with Crippen molar-refractivity contribution < 1.29 is 43.8 Å². The minimum atomic E-state index is -4.88. The number of aryl methyl sites for hydroxylation is 1. The van der Waals surface area contributed by atoms with Crippen LogP contribution in [0.5, 0.6) is 17.2 Å². The van der Waals surface area contributed by atoms with Crippen LogP contribution in [-0.2, 0) is 35.5 Å². The van der Waals surface area contributed by atoms with Crippen molar-refractivity contribution in [1.29, 1.82) is 0 Å². The number of hydrogen-bond acceptors (Lipinski definition) is 8. The molecule has 0 aliphatic rings. The SMILES string of the molecule is COc1ccc(C(C)(C)c2ccc(Oc3ccc(S(=O)(=O)c4ccc(C)cc4)cc3S(=O)(=O)O)cc2)cc1S(=O)(=O)O. The summed E-state index contributed by atoms with van der Waals surface area (Å²) in [5, 5.41) is 0. The molecular formula is C29H28O10S3. The summed E-state index contributed by atoms with van der Waals surface area (Å²) in [6, 6.07) is 20.1. The minimum Gasteiger partial charge on any atom is -0.495 e. The smallest absolute Gasteiger partial charge is 0.298 e. The second kappa shape index (κ2) is 11.2. The fraction of sp³-hybridized carbons (Fsp3) is 0.172. The van der Waals surface area contributed by atoms with Crippen molar-refractivity contribution in [2.24, 2.45) is 0 Å². The van der Waals surface area contributed by atoms with Crippen molar-refractivity contribution in [1.82, 2.24) is 0 Å².